The Morgan fingerprint density at radius 2 is 1.75 bits per heavy atom. The number of carbonyl (C=O) groups excluding carboxylic acids is 2. The maximum absolute atomic E-state index is 12.5. The van der Waals surface area contributed by atoms with Gasteiger partial charge < -0.3 is 16.0 Å². The molecular weight excluding hydrogens is 308 g/mol. The van der Waals surface area contributed by atoms with E-state index in [9.17, 15) is 9.59 Å². The zero-order valence-electron chi connectivity index (χ0n) is 13.2. The molecule has 0 spiro atoms. The molecule has 0 aliphatic carbocycles. The standard InChI is InChI=1S/C16H16N6O2/c1-10-13(14-18-8-3-9-22(14)21-10)15(23)19-11-4-6-12(7-5-11)20-16(24)17-2/h3-9H,1-2H3,(H,19,23)(H2,17,20,24). The van der Waals surface area contributed by atoms with Gasteiger partial charge in [0.05, 0.1) is 5.69 Å². The Morgan fingerprint density at radius 1 is 1.08 bits per heavy atom. The van der Waals surface area contributed by atoms with Gasteiger partial charge in [0.25, 0.3) is 5.91 Å². The molecule has 0 radical (unpaired) electrons. The molecule has 2 aromatic heterocycles. The highest BCUT2D eigenvalue weighted by Gasteiger charge is 2.18. The first-order valence-corrected chi connectivity index (χ1v) is 7.28. The topological polar surface area (TPSA) is 100 Å². The number of urea groups is 1. The summed E-state index contributed by atoms with van der Waals surface area (Å²) < 4.78 is 1.57. The summed E-state index contributed by atoms with van der Waals surface area (Å²) >= 11 is 0. The van der Waals surface area contributed by atoms with Crippen LogP contribution in [0.4, 0.5) is 16.2 Å². The van der Waals surface area contributed by atoms with Gasteiger partial charge in [0.15, 0.2) is 5.65 Å². The molecule has 3 aromatic rings. The van der Waals surface area contributed by atoms with Gasteiger partial charge in [-0.15, -0.1) is 0 Å². The van der Waals surface area contributed by atoms with Crippen LogP contribution in [-0.4, -0.2) is 33.6 Å². The lowest BCUT2D eigenvalue weighted by atomic mass is 10.2. The lowest BCUT2D eigenvalue weighted by molar-refractivity contribution is 0.102. The molecule has 122 valence electrons. The number of hydrogen-bond acceptors (Lipinski definition) is 4. The molecule has 3 rings (SSSR count). The molecule has 0 fully saturated rings. The average molecular weight is 324 g/mol. The van der Waals surface area contributed by atoms with E-state index in [4.69, 9.17) is 0 Å². The van der Waals surface area contributed by atoms with Crippen LogP contribution in [0.5, 0.6) is 0 Å². The van der Waals surface area contributed by atoms with Crippen LogP contribution in [0.15, 0.2) is 42.7 Å². The molecule has 1 aromatic carbocycles. The third kappa shape index (κ3) is 3.02. The van der Waals surface area contributed by atoms with E-state index in [2.05, 4.69) is 26.0 Å². The van der Waals surface area contributed by atoms with E-state index in [1.54, 1.807) is 54.2 Å². The van der Waals surface area contributed by atoms with E-state index < -0.39 is 0 Å². The SMILES string of the molecule is CNC(=O)Nc1ccc(NC(=O)c2c(C)nn3cccnc23)cc1. The molecule has 0 aliphatic heterocycles. The Labute approximate surface area is 137 Å². The third-order valence-corrected chi connectivity index (χ3v) is 3.43. The summed E-state index contributed by atoms with van der Waals surface area (Å²) in [5.74, 6) is -0.284. The van der Waals surface area contributed by atoms with Gasteiger partial charge in [-0.3, -0.25) is 4.79 Å². The van der Waals surface area contributed by atoms with Crippen LogP contribution < -0.4 is 16.0 Å². The van der Waals surface area contributed by atoms with Crippen molar-refractivity contribution in [2.24, 2.45) is 0 Å². The molecule has 3 amide bonds. The molecule has 8 heteroatoms. The number of benzene rings is 1. The predicted molar refractivity (Wildman–Crippen MR) is 90.2 cm³/mol. The smallest absolute Gasteiger partial charge is 0.318 e. The second-order valence-electron chi connectivity index (χ2n) is 5.08. The van der Waals surface area contributed by atoms with Crippen LogP contribution in [-0.2, 0) is 0 Å². The monoisotopic (exact) mass is 324 g/mol. The van der Waals surface area contributed by atoms with Crippen molar-refractivity contribution in [3.05, 3.63) is 54.0 Å². The van der Waals surface area contributed by atoms with E-state index in [1.165, 1.54) is 7.05 Å². The maximum Gasteiger partial charge on any atom is 0.318 e. The van der Waals surface area contributed by atoms with Gasteiger partial charge in [-0.25, -0.2) is 14.3 Å². The van der Waals surface area contributed by atoms with E-state index >= 15 is 0 Å². The van der Waals surface area contributed by atoms with Crippen molar-refractivity contribution in [3.8, 4) is 0 Å². The second-order valence-corrected chi connectivity index (χ2v) is 5.08. The van der Waals surface area contributed by atoms with Gasteiger partial charge in [-0.05, 0) is 37.3 Å². The van der Waals surface area contributed by atoms with Gasteiger partial charge in [0, 0.05) is 30.8 Å². The molecule has 24 heavy (non-hydrogen) atoms. The predicted octanol–water partition coefficient (Wildman–Crippen LogP) is 2.04. The number of nitrogens with zero attached hydrogens (tertiary/aromatic N) is 3. The molecule has 0 atom stereocenters. The summed E-state index contributed by atoms with van der Waals surface area (Å²) in [4.78, 5) is 28.0. The molecule has 0 saturated heterocycles. The number of hydrogen-bond donors (Lipinski definition) is 3. The highest BCUT2D eigenvalue weighted by atomic mass is 16.2. The molecule has 0 bridgehead atoms. The number of anilines is 2. The first kappa shape index (κ1) is 15.5. The number of rotatable bonds is 3. The summed E-state index contributed by atoms with van der Waals surface area (Å²) in [6, 6.07) is 8.26. The van der Waals surface area contributed by atoms with Gasteiger partial charge >= 0.3 is 6.03 Å². The van der Waals surface area contributed by atoms with Crippen molar-refractivity contribution in [1.82, 2.24) is 19.9 Å². The highest BCUT2D eigenvalue weighted by Crippen LogP contribution is 2.17. The third-order valence-electron chi connectivity index (χ3n) is 3.43. The van der Waals surface area contributed by atoms with Crippen molar-refractivity contribution in [3.63, 3.8) is 0 Å². The molecule has 0 unspecified atom stereocenters. The number of carbonyl (C=O) groups is 2. The molecule has 2 heterocycles. The van der Waals surface area contributed by atoms with Crippen LogP contribution in [0, 0.1) is 6.92 Å². The number of fused-ring (bicyclic) bond motifs is 1. The fourth-order valence-electron chi connectivity index (χ4n) is 2.29. The highest BCUT2D eigenvalue weighted by molar-refractivity contribution is 6.09. The summed E-state index contributed by atoms with van der Waals surface area (Å²) in [6.45, 7) is 1.76. The van der Waals surface area contributed by atoms with E-state index in [0.29, 0.717) is 28.3 Å². The Morgan fingerprint density at radius 3 is 2.42 bits per heavy atom. The van der Waals surface area contributed by atoms with Crippen LogP contribution in [0.1, 0.15) is 16.1 Å². The van der Waals surface area contributed by atoms with Gasteiger partial charge in [0.1, 0.15) is 5.56 Å². The zero-order chi connectivity index (χ0) is 17.1. The normalized spacial score (nSPS) is 10.4. The van der Waals surface area contributed by atoms with Crippen molar-refractivity contribution >= 4 is 29.0 Å². The summed E-state index contributed by atoms with van der Waals surface area (Å²) in [6.07, 6.45) is 3.36. The summed E-state index contributed by atoms with van der Waals surface area (Å²) in [7, 11) is 1.54. The lowest BCUT2D eigenvalue weighted by Crippen LogP contribution is -2.24. The van der Waals surface area contributed by atoms with Crippen molar-refractivity contribution in [2.75, 3.05) is 17.7 Å². The Balaban J connectivity index is 1.79. The molecule has 8 nitrogen and oxygen atoms in total. The molecule has 3 N–H and O–H groups in total. The van der Waals surface area contributed by atoms with Crippen molar-refractivity contribution in [1.29, 1.82) is 0 Å². The van der Waals surface area contributed by atoms with Gasteiger partial charge in [0.2, 0.25) is 0 Å². The van der Waals surface area contributed by atoms with Crippen molar-refractivity contribution < 1.29 is 9.59 Å². The Kier molecular flexibility index (Phi) is 4.11. The minimum atomic E-state index is -0.306. The zero-order valence-corrected chi connectivity index (χ0v) is 13.2. The average Bonchev–Trinajstić information content (AvgIpc) is 2.92. The number of aromatic nitrogens is 3. The molecular formula is C16H16N6O2. The van der Waals surface area contributed by atoms with Crippen molar-refractivity contribution in [2.45, 2.75) is 6.92 Å². The van der Waals surface area contributed by atoms with Crippen LogP contribution in [0.25, 0.3) is 5.65 Å². The number of nitrogens with one attached hydrogen (secondary N) is 3. The Hall–Kier alpha value is -3.42. The molecule has 0 saturated carbocycles. The largest absolute Gasteiger partial charge is 0.341 e. The van der Waals surface area contributed by atoms with Crippen LogP contribution in [0.2, 0.25) is 0 Å². The van der Waals surface area contributed by atoms with Gasteiger partial charge in [-0.2, -0.15) is 5.10 Å². The first-order valence-electron chi connectivity index (χ1n) is 7.28. The van der Waals surface area contributed by atoms with E-state index in [1.807, 2.05) is 0 Å². The van der Waals surface area contributed by atoms with Crippen LogP contribution >= 0.6 is 0 Å². The fourth-order valence-corrected chi connectivity index (χ4v) is 2.29. The van der Waals surface area contributed by atoms with Gasteiger partial charge in [-0.1, -0.05) is 0 Å². The first-order chi connectivity index (χ1) is 11.6. The fraction of sp³-hybridized carbons (Fsp3) is 0.125. The van der Waals surface area contributed by atoms with Crippen LogP contribution in [0.3, 0.4) is 0 Å². The Bertz CT molecular complexity index is 901. The minimum Gasteiger partial charge on any atom is -0.341 e. The summed E-state index contributed by atoms with van der Waals surface area (Å²) in [5, 5.41) is 12.2. The van der Waals surface area contributed by atoms with E-state index in [-0.39, 0.29) is 11.9 Å². The van der Waals surface area contributed by atoms with E-state index in [0.717, 1.165) is 0 Å². The molecule has 0 aliphatic rings. The number of amides is 3. The minimum absolute atomic E-state index is 0.284. The lowest BCUT2D eigenvalue weighted by Gasteiger charge is -2.07. The second kappa shape index (κ2) is 6.37. The number of aryl methyl sites for hydroxylation is 1. The quantitative estimate of drug-likeness (QED) is 0.686. The maximum atomic E-state index is 12.5. The summed E-state index contributed by atoms with van der Waals surface area (Å²) in [5.41, 5.74) is 2.77.